The molecule has 29 heavy (non-hydrogen) atoms. The van der Waals surface area contributed by atoms with Crippen molar-refractivity contribution in [1.82, 2.24) is 16.0 Å². The first-order valence-corrected chi connectivity index (χ1v) is 9.15. The predicted octanol–water partition coefficient (Wildman–Crippen LogP) is -0.892. The molecule has 0 aliphatic heterocycles. The van der Waals surface area contributed by atoms with Crippen LogP contribution in [0.1, 0.15) is 26.3 Å². The van der Waals surface area contributed by atoms with Crippen LogP contribution in [0.15, 0.2) is 24.3 Å². The number of nitrogens with two attached hydrogens (primary N) is 1. The number of hydrogen-bond acceptors (Lipinski definition) is 6. The van der Waals surface area contributed by atoms with E-state index >= 15 is 0 Å². The highest BCUT2D eigenvalue weighted by Crippen LogP contribution is 2.11. The van der Waals surface area contributed by atoms with Crippen LogP contribution in [0.3, 0.4) is 0 Å². The summed E-state index contributed by atoms with van der Waals surface area (Å²) in [6.45, 7) is 4.29. The zero-order valence-electron chi connectivity index (χ0n) is 16.6. The van der Waals surface area contributed by atoms with Crippen LogP contribution in [0.2, 0.25) is 0 Å². The summed E-state index contributed by atoms with van der Waals surface area (Å²) < 4.78 is 0. The van der Waals surface area contributed by atoms with Gasteiger partial charge in [0.2, 0.25) is 17.7 Å². The minimum atomic E-state index is -1.20. The lowest BCUT2D eigenvalue weighted by Gasteiger charge is -2.24. The van der Waals surface area contributed by atoms with E-state index in [1.165, 1.54) is 19.1 Å². The van der Waals surface area contributed by atoms with Crippen LogP contribution >= 0.6 is 0 Å². The van der Waals surface area contributed by atoms with Gasteiger partial charge in [0.25, 0.3) is 0 Å². The number of phenolic OH excluding ortho intramolecular Hbond substituents is 1. The maximum atomic E-state index is 12.4. The van der Waals surface area contributed by atoms with Crippen LogP contribution in [0.4, 0.5) is 0 Å². The quantitative estimate of drug-likeness (QED) is 0.291. The number of carboxylic acid groups (broad SMARTS) is 1. The van der Waals surface area contributed by atoms with Crippen molar-refractivity contribution in [1.29, 1.82) is 0 Å². The van der Waals surface area contributed by atoms with Crippen molar-refractivity contribution in [3.8, 4) is 5.75 Å². The van der Waals surface area contributed by atoms with E-state index in [9.17, 15) is 24.3 Å². The molecule has 0 aromatic heterocycles. The molecule has 3 amide bonds. The number of benzene rings is 1. The highest BCUT2D eigenvalue weighted by atomic mass is 16.4. The molecule has 10 nitrogen and oxygen atoms in total. The fourth-order valence-electron chi connectivity index (χ4n) is 2.45. The zero-order chi connectivity index (χ0) is 22.1. The number of nitrogens with one attached hydrogen (secondary N) is 3. The standard InChI is InChI=1S/C19H28N4O6/c1-10(2)16(19(29)21-9-15(25)26)23-17(27)11(3)22-18(28)14(20)8-12-4-6-13(24)7-5-12/h4-7,10-11,14,16,24H,8-9,20H2,1-3H3,(H,21,29)(H,22,28)(H,23,27)(H,25,26). The number of carbonyl (C=O) groups is 4. The van der Waals surface area contributed by atoms with Crippen molar-refractivity contribution in [2.24, 2.45) is 11.7 Å². The summed E-state index contributed by atoms with van der Waals surface area (Å²) in [4.78, 5) is 47.3. The smallest absolute Gasteiger partial charge is 0.322 e. The molecular weight excluding hydrogens is 380 g/mol. The van der Waals surface area contributed by atoms with Gasteiger partial charge in [-0.2, -0.15) is 0 Å². The lowest BCUT2D eigenvalue weighted by molar-refractivity contribution is -0.138. The predicted molar refractivity (Wildman–Crippen MR) is 105 cm³/mol. The molecule has 3 atom stereocenters. The molecule has 3 unspecified atom stereocenters. The number of aliphatic carboxylic acids is 1. The second-order valence-electron chi connectivity index (χ2n) is 7.05. The summed E-state index contributed by atoms with van der Waals surface area (Å²) in [7, 11) is 0. The number of phenols is 1. The Bertz CT molecular complexity index is 735. The number of carbonyl (C=O) groups excluding carboxylic acids is 3. The molecule has 0 fully saturated rings. The molecule has 1 aromatic carbocycles. The van der Waals surface area contributed by atoms with Crippen LogP contribution in [-0.4, -0.2) is 58.6 Å². The maximum absolute atomic E-state index is 12.4. The molecule has 0 aliphatic carbocycles. The molecule has 160 valence electrons. The van der Waals surface area contributed by atoms with Gasteiger partial charge in [-0.25, -0.2) is 0 Å². The van der Waals surface area contributed by atoms with Crippen LogP contribution in [0, 0.1) is 5.92 Å². The lowest BCUT2D eigenvalue weighted by Crippen LogP contribution is -2.56. The second kappa shape index (κ2) is 11.0. The molecule has 0 aliphatic rings. The average Bonchev–Trinajstić information content (AvgIpc) is 2.65. The maximum Gasteiger partial charge on any atom is 0.322 e. The molecule has 0 spiro atoms. The van der Waals surface area contributed by atoms with Gasteiger partial charge in [-0.1, -0.05) is 26.0 Å². The Morgan fingerprint density at radius 3 is 2.07 bits per heavy atom. The molecule has 0 bridgehead atoms. The van der Waals surface area contributed by atoms with Crippen molar-refractivity contribution >= 4 is 23.7 Å². The third-order valence-corrected chi connectivity index (χ3v) is 4.14. The molecule has 1 aromatic rings. The topological polar surface area (TPSA) is 171 Å². The Balaban J connectivity index is 2.61. The number of carboxylic acids is 1. The Labute approximate surface area is 168 Å². The van der Waals surface area contributed by atoms with E-state index in [4.69, 9.17) is 10.8 Å². The van der Waals surface area contributed by atoms with Gasteiger partial charge in [0.1, 0.15) is 24.4 Å². The third kappa shape index (κ3) is 8.18. The van der Waals surface area contributed by atoms with Crippen molar-refractivity contribution in [2.75, 3.05) is 6.54 Å². The number of hydrogen-bond donors (Lipinski definition) is 6. The molecule has 0 saturated carbocycles. The third-order valence-electron chi connectivity index (χ3n) is 4.14. The van der Waals surface area contributed by atoms with Gasteiger partial charge in [-0.05, 0) is 37.0 Å². The summed E-state index contributed by atoms with van der Waals surface area (Å²) >= 11 is 0. The first-order chi connectivity index (χ1) is 13.5. The van der Waals surface area contributed by atoms with E-state index in [1.807, 2.05) is 0 Å². The van der Waals surface area contributed by atoms with Crippen LogP contribution < -0.4 is 21.7 Å². The summed E-state index contributed by atoms with van der Waals surface area (Å²) in [5.74, 6) is -3.16. The molecule has 1 rings (SSSR count). The van der Waals surface area contributed by atoms with Crippen molar-refractivity contribution in [3.05, 3.63) is 29.8 Å². The van der Waals surface area contributed by atoms with Gasteiger partial charge in [-0.15, -0.1) is 0 Å². The molecule has 0 heterocycles. The van der Waals surface area contributed by atoms with Crippen LogP contribution in [-0.2, 0) is 25.6 Å². The summed E-state index contributed by atoms with van der Waals surface area (Å²) in [5, 5.41) is 25.2. The number of rotatable bonds is 10. The monoisotopic (exact) mass is 408 g/mol. The SMILES string of the molecule is CC(NC(=O)C(N)Cc1ccc(O)cc1)C(=O)NC(C(=O)NCC(=O)O)C(C)C. The molecule has 10 heteroatoms. The molecular formula is C19H28N4O6. The Kier molecular flexibility index (Phi) is 9.07. The number of aromatic hydroxyl groups is 1. The number of amides is 3. The van der Waals surface area contributed by atoms with Crippen molar-refractivity contribution in [2.45, 2.75) is 45.3 Å². The Hall–Kier alpha value is -3.14. The first-order valence-electron chi connectivity index (χ1n) is 9.15. The van der Waals surface area contributed by atoms with Gasteiger partial charge in [0.05, 0.1) is 6.04 Å². The van der Waals surface area contributed by atoms with E-state index in [-0.39, 0.29) is 18.1 Å². The average molecular weight is 408 g/mol. The van der Waals surface area contributed by atoms with Crippen molar-refractivity contribution in [3.63, 3.8) is 0 Å². The van der Waals surface area contributed by atoms with Gasteiger partial charge in [0, 0.05) is 0 Å². The normalized spacial score (nSPS) is 13.8. The fraction of sp³-hybridized carbons (Fsp3) is 0.474. The summed E-state index contributed by atoms with van der Waals surface area (Å²) in [6, 6.07) is 3.43. The zero-order valence-corrected chi connectivity index (χ0v) is 16.6. The van der Waals surface area contributed by atoms with Gasteiger partial charge in [0.15, 0.2) is 0 Å². The minimum Gasteiger partial charge on any atom is -0.508 e. The molecule has 7 N–H and O–H groups in total. The first kappa shape index (κ1) is 23.9. The minimum absolute atomic E-state index is 0.101. The van der Waals surface area contributed by atoms with E-state index in [0.717, 1.165) is 5.56 Å². The van der Waals surface area contributed by atoms with Crippen molar-refractivity contribution < 1.29 is 29.4 Å². The summed E-state index contributed by atoms with van der Waals surface area (Å²) in [5.41, 5.74) is 6.62. The molecule has 0 radical (unpaired) electrons. The van der Waals surface area contributed by atoms with E-state index < -0.39 is 48.4 Å². The molecule has 0 saturated heterocycles. The van der Waals surface area contributed by atoms with Gasteiger partial charge in [-0.3, -0.25) is 19.2 Å². The van der Waals surface area contributed by atoms with Crippen LogP contribution in [0.5, 0.6) is 5.75 Å². The van der Waals surface area contributed by atoms with E-state index in [0.29, 0.717) is 0 Å². The lowest BCUT2D eigenvalue weighted by atomic mass is 10.0. The van der Waals surface area contributed by atoms with Gasteiger partial charge < -0.3 is 31.9 Å². The van der Waals surface area contributed by atoms with Crippen LogP contribution in [0.25, 0.3) is 0 Å². The highest BCUT2D eigenvalue weighted by molar-refractivity contribution is 5.93. The fourth-order valence-corrected chi connectivity index (χ4v) is 2.45. The van der Waals surface area contributed by atoms with E-state index in [1.54, 1.807) is 26.0 Å². The Morgan fingerprint density at radius 1 is 0.966 bits per heavy atom. The van der Waals surface area contributed by atoms with E-state index in [2.05, 4.69) is 16.0 Å². The van der Waals surface area contributed by atoms with Gasteiger partial charge >= 0.3 is 5.97 Å². The Morgan fingerprint density at radius 2 is 1.55 bits per heavy atom. The summed E-state index contributed by atoms with van der Waals surface area (Å²) in [6.07, 6.45) is 0.215. The highest BCUT2D eigenvalue weighted by Gasteiger charge is 2.27. The largest absolute Gasteiger partial charge is 0.508 e. The second-order valence-corrected chi connectivity index (χ2v) is 7.05.